The summed E-state index contributed by atoms with van der Waals surface area (Å²) in [5, 5.41) is 2.72. The fourth-order valence-electron chi connectivity index (χ4n) is 2.67. The predicted molar refractivity (Wildman–Crippen MR) is 94.5 cm³/mol. The molecule has 0 spiro atoms. The van der Waals surface area contributed by atoms with Crippen molar-refractivity contribution in [3.05, 3.63) is 50.9 Å². The minimum atomic E-state index is -3.72. The van der Waals surface area contributed by atoms with Crippen molar-refractivity contribution < 1.29 is 22.7 Å². The number of benzene rings is 1. The van der Waals surface area contributed by atoms with Gasteiger partial charge in [0.25, 0.3) is 5.56 Å². The minimum absolute atomic E-state index is 0.0600. The summed E-state index contributed by atoms with van der Waals surface area (Å²) in [5.41, 5.74) is -0.590. The number of carbonyl (C=O) groups excluding carboxylic acids is 2. The van der Waals surface area contributed by atoms with Crippen LogP contribution in [0.15, 0.2) is 28.0 Å². The van der Waals surface area contributed by atoms with Crippen LogP contribution in [0.25, 0.3) is 0 Å². The number of rotatable bonds is 5. The number of esters is 1. The monoisotopic (exact) mass is 380 g/mol. The molecule has 1 aromatic carbocycles. The SMILES string of the molecule is COC(=O)c1c(S(C)(=O)=O)ccc(C(=O)c2c[nH]n(C(C)C)c2=O)c1C. The predicted octanol–water partition coefficient (Wildman–Crippen LogP) is 1.49. The number of hydrogen-bond donors (Lipinski definition) is 1. The summed E-state index contributed by atoms with van der Waals surface area (Å²) in [7, 11) is -2.60. The quantitative estimate of drug-likeness (QED) is 0.621. The number of hydrogen-bond acceptors (Lipinski definition) is 6. The van der Waals surface area contributed by atoms with Crippen LogP contribution in [0.5, 0.6) is 0 Å². The second-order valence-corrected chi connectivity index (χ2v) is 8.14. The number of ether oxygens (including phenoxy) is 1. The van der Waals surface area contributed by atoms with Gasteiger partial charge in [0.15, 0.2) is 15.6 Å². The van der Waals surface area contributed by atoms with Crippen LogP contribution >= 0.6 is 0 Å². The fourth-order valence-corrected chi connectivity index (χ4v) is 3.60. The Bertz CT molecular complexity index is 1040. The van der Waals surface area contributed by atoms with E-state index in [1.807, 2.05) is 0 Å². The molecule has 0 unspecified atom stereocenters. The fraction of sp³-hybridized carbons (Fsp3) is 0.353. The van der Waals surface area contributed by atoms with E-state index in [-0.39, 0.29) is 33.2 Å². The molecule has 0 atom stereocenters. The first-order valence-electron chi connectivity index (χ1n) is 7.77. The topological polar surface area (TPSA) is 115 Å². The minimum Gasteiger partial charge on any atom is -0.465 e. The van der Waals surface area contributed by atoms with Gasteiger partial charge in [-0.1, -0.05) is 0 Å². The summed E-state index contributed by atoms with van der Waals surface area (Å²) in [4.78, 5) is 37.0. The van der Waals surface area contributed by atoms with Gasteiger partial charge in [-0.3, -0.25) is 14.3 Å². The van der Waals surface area contributed by atoms with Crippen LogP contribution in [0.4, 0.5) is 0 Å². The van der Waals surface area contributed by atoms with E-state index in [2.05, 4.69) is 9.84 Å². The summed E-state index contributed by atoms with van der Waals surface area (Å²) < 4.78 is 29.9. The molecule has 9 heteroatoms. The average molecular weight is 380 g/mol. The van der Waals surface area contributed by atoms with Crippen molar-refractivity contribution in [3.8, 4) is 0 Å². The lowest BCUT2D eigenvalue weighted by Gasteiger charge is -2.12. The molecule has 1 aromatic heterocycles. The van der Waals surface area contributed by atoms with Crippen molar-refractivity contribution in [2.75, 3.05) is 13.4 Å². The van der Waals surface area contributed by atoms with E-state index >= 15 is 0 Å². The lowest BCUT2D eigenvalue weighted by atomic mass is 9.96. The number of aromatic amines is 1. The van der Waals surface area contributed by atoms with Gasteiger partial charge in [-0.2, -0.15) is 0 Å². The van der Waals surface area contributed by atoms with Crippen LogP contribution in [-0.2, 0) is 14.6 Å². The number of sulfone groups is 1. The molecule has 1 heterocycles. The number of H-pyrrole nitrogens is 1. The third kappa shape index (κ3) is 3.34. The first-order chi connectivity index (χ1) is 12.0. The maximum absolute atomic E-state index is 12.8. The van der Waals surface area contributed by atoms with Crippen molar-refractivity contribution in [3.63, 3.8) is 0 Å². The zero-order chi connectivity index (χ0) is 19.8. The van der Waals surface area contributed by atoms with Crippen LogP contribution < -0.4 is 5.56 Å². The van der Waals surface area contributed by atoms with Crippen molar-refractivity contribution in [1.29, 1.82) is 0 Å². The lowest BCUT2D eigenvalue weighted by Crippen LogP contribution is -2.24. The number of carbonyl (C=O) groups is 2. The molecule has 2 aromatic rings. The Morgan fingerprint density at radius 2 is 1.81 bits per heavy atom. The van der Waals surface area contributed by atoms with Gasteiger partial charge in [-0.05, 0) is 38.5 Å². The number of aromatic nitrogens is 2. The van der Waals surface area contributed by atoms with Crippen LogP contribution in [0.1, 0.15) is 51.7 Å². The Labute approximate surface area is 150 Å². The van der Waals surface area contributed by atoms with Gasteiger partial charge in [0.2, 0.25) is 0 Å². The largest absolute Gasteiger partial charge is 0.465 e. The average Bonchev–Trinajstić information content (AvgIpc) is 2.94. The van der Waals surface area contributed by atoms with E-state index in [0.29, 0.717) is 0 Å². The molecule has 0 fully saturated rings. The van der Waals surface area contributed by atoms with Gasteiger partial charge in [0, 0.05) is 24.1 Å². The number of nitrogens with one attached hydrogen (secondary N) is 1. The molecule has 0 aliphatic carbocycles. The van der Waals surface area contributed by atoms with Gasteiger partial charge in [-0.25, -0.2) is 13.2 Å². The maximum atomic E-state index is 12.8. The van der Waals surface area contributed by atoms with Crippen molar-refractivity contribution >= 4 is 21.6 Å². The second kappa shape index (κ2) is 6.91. The van der Waals surface area contributed by atoms with Gasteiger partial charge >= 0.3 is 5.97 Å². The Balaban J connectivity index is 2.70. The molecular formula is C17H20N2O6S. The van der Waals surface area contributed by atoms with E-state index in [9.17, 15) is 22.8 Å². The van der Waals surface area contributed by atoms with Gasteiger partial charge in [-0.15, -0.1) is 0 Å². The van der Waals surface area contributed by atoms with E-state index in [0.717, 1.165) is 13.4 Å². The number of ketones is 1. The second-order valence-electron chi connectivity index (χ2n) is 6.16. The first-order valence-corrected chi connectivity index (χ1v) is 9.66. The molecule has 0 amide bonds. The molecule has 1 N–H and O–H groups in total. The normalized spacial score (nSPS) is 11.6. The van der Waals surface area contributed by atoms with E-state index < -0.39 is 27.1 Å². The summed E-state index contributed by atoms with van der Waals surface area (Å²) in [6.45, 7) is 5.02. The molecule has 0 aliphatic heterocycles. The molecule has 0 saturated heterocycles. The molecule has 2 rings (SSSR count). The highest BCUT2D eigenvalue weighted by Crippen LogP contribution is 2.25. The molecule has 26 heavy (non-hydrogen) atoms. The van der Waals surface area contributed by atoms with E-state index in [1.54, 1.807) is 13.8 Å². The van der Waals surface area contributed by atoms with Crippen LogP contribution in [0.3, 0.4) is 0 Å². The third-order valence-corrected chi connectivity index (χ3v) is 5.16. The summed E-state index contributed by atoms with van der Waals surface area (Å²) in [6.07, 6.45) is 2.26. The zero-order valence-electron chi connectivity index (χ0n) is 15.1. The smallest absolute Gasteiger partial charge is 0.339 e. The Morgan fingerprint density at radius 3 is 2.27 bits per heavy atom. The Morgan fingerprint density at radius 1 is 1.19 bits per heavy atom. The zero-order valence-corrected chi connectivity index (χ0v) is 15.9. The summed E-state index contributed by atoms with van der Waals surface area (Å²) >= 11 is 0. The number of nitrogens with zero attached hydrogens (tertiary/aromatic N) is 1. The Kier molecular flexibility index (Phi) is 5.22. The maximum Gasteiger partial charge on any atom is 0.339 e. The van der Waals surface area contributed by atoms with Gasteiger partial charge in [0.05, 0.1) is 17.6 Å². The first kappa shape index (κ1) is 19.6. The molecule has 8 nitrogen and oxygen atoms in total. The summed E-state index contributed by atoms with van der Waals surface area (Å²) in [6, 6.07) is 2.31. The molecule has 0 radical (unpaired) electrons. The van der Waals surface area contributed by atoms with Crippen LogP contribution in [0, 0.1) is 6.92 Å². The molecular weight excluding hydrogens is 360 g/mol. The molecule has 140 valence electrons. The summed E-state index contributed by atoms with van der Waals surface area (Å²) in [5.74, 6) is -1.47. The van der Waals surface area contributed by atoms with Crippen LogP contribution in [-0.4, -0.2) is 43.3 Å². The highest BCUT2D eigenvalue weighted by Gasteiger charge is 2.27. The van der Waals surface area contributed by atoms with Gasteiger partial charge < -0.3 is 9.84 Å². The molecule has 0 bridgehead atoms. The van der Waals surface area contributed by atoms with Crippen molar-refractivity contribution in [2.24, 2.45) is 0 Å². The third-order valence-electron chi connectivity index (χ3n) is 4.02. The van der Waals surface area contributed by atoms with E-state index in [4.69, 9.17) is 0 Å². The molecule has 0 saturated carbocycles. The highest BCUT2D eigenvalue weighted by atomic mass is 32.2. The number of methoxy groups -OCH3 is 1. The van der Waals surface area contributed by atoms with Crippen LogP contribution in [0.2, 0.25) is 0 Å². The standard InChI is InChI=1S/C17H20N2O6S/c1-9(2)19-16(21)12(8-18-19)15(20)11-6-7-13(26(5,23)24)14(10(11)3)17(22)25-4/h6-9,18H,1-5H3. The van der Waals surface area contributed by atoms with E-state index in [1.165, 1.54) is 29.9 Å². The molecule has 0 aliphatic rings. The lowest BCUT2D eigenvalue weighted by molar-refractivity contribution is 0.0595. The Hall–Kier alpha value is -2.68. The van der Waals surface area contributed by atoms with Crippen molar-refractivity contribution in [2.45, 2.75) is 31.7 Å². The highest BCUT2D eigenvalue weighted by molar-refractivity contribution is 7.90. The van der Waals surface area contributed by atoms with Crippen molar-refractivity contribution in [1.82, 2.24) is 9.78 Å². The van der Waals surface area contributed by atoms with Gasteiger partial charge in [0.1, 0.15) is 5.56 Å².